The molecular weight excluding hydrogens is 164 g/mol. The van der Waals surface area contributed by atoms with Gasteiger partial charge >= 0.3 is 0 Å². The summed E-state index contributed by atoms with van der Waals surface area (Å²) in [5.74, 6) is 0.724. The van der Waals surface area contributed by atoms with Crippen LogP contribution in [0.5, 0.6) is 0 Å². The number of hydrogen-bond acceptors (Lipinski definition) is 2. The van der Waals surface area contributed by atoms with Crippen LogP contribution >= 0.6 is 0 Å². The van der Waals surface area contributed by atoms with Crippen LogP contribution in [0.1, 0.15) is 19.0 Å². The Morgan fingerprint density at radius 3 is 3.00 bits per heavy atom. The van der Waals surface area contributed by atoms with Crippen molar-refractivity contribution in [1.82, 2.24) is 9.78 Å². The molecule has 72 valence electrons. The number of amidine groups is 1. The molecule has 0 unspecified atom stereocenters. The maximum atomic E-state index is 5.58. The summed E-state index contributed by atoms with van der Waals surface area (Å²) in [5, 5.41) is 4.07. The van der Waals surface area contributed by atoms with Gasteiger partial charge in [0.25, 0.3) is 0 Å². The van der Waals surface area contributed by atoms with E-state index in [-0.39, 0.29) is 0 Å². The SMILES string of the molecule is CCC(N)=NCCc1ccnn1C. The van der Waals surface area contributed by atoms with Gasteiger partial charge in [0, 0.05) is 38.3 Å². The normalized spacial score (nSPS) is 12.0. The fraction of sp³-hybridized carbons (Fsp3) is 0.556. The van der Waals surface area contributed by atoms with Gasteiger partial charge in [-0.2, -0.15) is 5.10 Å². The number of aryl methyl sites for hydroxylation is 1. The number of hydrogen-bond donors (Lipinski definition) is 1. The highest BCUT2D eigenvalue weighted by Gasteiger charge is 1.96. The van der Waals surface area contributed by atoms with Crippen molar-refractivity contribution in [3.05, 3.63) is 18.0 Å². The summed E-state index contributed by atoms with van der Waals surface area (Å²) in [6, 6.07) is 2.00. The molecule has 0 aliphatic rings. The van der Waals surface area contributed by atoms with Crippen molar-refractivity contribution in [3.63, 3.8) is 0 Å². The Hall–Kier alpha value is -1.32. The minimum atomic E-state index is 0.724. The van der Waals surface area contributed by atoms with Gasteiger partial charge in [-0.15, -0.1) is 0 Å². The van der Waals surface area contributed by atoms with Crippen LogP contribution < -0.4 is 5.73 Å². The maximum absolute atomic E-state index is 5.58. The van der Waals surface area contributed by atoms with Crippen molar-refractivity contribution in [3.8, 4) is 0 Å². The van der Waals surface area contributed by atoms with Crippen LogP contribution in [0.3, 0.4) is 0 Å². The van der Waals surface area contributed by atoms with E-state index < -0.39 is 0 Å². The first-order valence-corrected chi connectivity index (χ1v) is 4.49. The summed E-state index contributed by atoms with van der Waals surface area (Å²) in [6.45, 7) is 2.75. The van der Waals surface area contributed by atoms with Crippen LogP contribution in [-0.2, 0) is 13.5 Å². The van der Waals surface area contributed by atoms with E-state index in [1.807, 2.05) is 24.7 Å². The van der Waals surface area contributed by atoms with Crippen LogP contribution in [0.15, 0.2) is 17.3 Å². The molecule has 13 heavy (non-hydrogen) atoms. The van der Waals surface area contributed by atoms with E-state index in [9.17, 15) is 0 Å². The minimum Gasteiger partial charge on any atom is -0.387 e. The molecular formula is C9H16N4. The Kier molecular flexibility index (Phi) is 3.49. The summed E-state index contributed by atoms with van der Waals surface area (Å²) < 4.78 is 1.86. The highest BCUT2D eigenvalue weighted by Crippen LogP contribution is 1.97. The number of nitrogens with two attached hydrogens (primary N) is 1. The summed E-state index contributed by atoms with van der Waals surface area (Å²) in [5.41, 5.74) is 6.77. The van der Waals surface area contributed by atoms with Gasteiger partial charge in [0.05, 0.1) is 5.84 Å². The fourth-order valence-corrected chi connectivity index (χ4v) is 1.07. The molecule has 0 aliphatic heterocycles. The number of rotatable bonds is 4. The second kappa shape index (κ2) is 4.64. The Morgan fingerprint density at radius 1 is 1.69 bits per heavy atom. The fourth-order valence-electron chi connectivity index (χ4n) is 1.07. The Labute approximate surface area is 78.5 Å². The predicted molar refractivity (Wildman–Crippen MR) is 53.7 cm³/mol. The molecule has 0 aromatic carbocycles. The van der Waals surface area contributed by atoms with Gasteiger partial charge in [0.2, 0.25) is 0 Å². The Balaban J connectivity index is 2.40. The van der Waals surface area contributed by atoms with E-state index in [2.05, 4.69) is 10.1 Å². The molecule has 0 aliphatic carbocycles. The molecule has 2 N–H and O–H groups in total. The monoisotopic (exact) mass is 180 g/mol. The van der Waals surface area contributed by atoms with Crippen molar-refractivity contribution in [1.29, 1.82) is 0 Å². The number of aromatic nitrogens is 2. The maximum Gasteiger partial charge on any atom is 0.0934 e. The molecule has 1 aromatic rings. The minimum absolute atomic E-state index is 0.724. The first kappa shape index (κ1) is 9.77. The Bertz CT molecular complexity index is 288. The molecule has 0 amide bonds. The highest BCUT2D eigenvalue weighted by atomic mass is 15.3. The lowest BCUT2D eigenvalue weighted by molar-refractivity contribution is 0.706. The lowest BCUT2D eigenvalue weighted by atomic mass is 10.3. The van der Waals surface area contributed by atoms with Crippen molar-refractivity contribution in [2.24, 2.45) is 17.8 Å². The molecule has 0 fully saturated rings. The smallest absolute Gasteiger partial charge is 0.0934 e. The van der Waals surface area contributed by atoms with E-state index in [0.29, 0.717) is 0 Å². The third kappa shape index (κ3) is 2.89. The van der Waals surface area contributed by atoms with Crippen LogP contribution in [0.4, 0.5) is 0 Å². The summed E-state index contributed by atoms with van der Waals surface area (Å²) in [4.78, 5) is 4.21. The topological polar surface area (TPSA) is 56.2 Å². The van der Waals surface area contributed by atoms with Crippen molar-refractivity contribution in [2.45, 2.75) is 19.8 Å². The van der Waals surface area contributed by atoms with Crippen LogP contribution in [0.2, 0.25) is 0 Å². The lowest BCUT2D eigenvalue weighted by Crippen LogP contribution is -2.11. The van der Waals surface area contributed by atoms with E-state index in [1.54, 1.807) is 6.20 Å². The van der Waals surface area contributed by atoms with Gasteiger partial charge < -0.3 is 5.73 Å². The molecule has 1 aromatic heterocycles. The Morgan fingerprint density at radius 2 is 2.46 bits per heavy atom. The van der Waals surface area contributed by atoms with Crippen LogP contribution in [-0.4, -0.2) is 22.2 Å². The van der Waals surface area contributed by atoms with Crippen LogP contribution in [0.25, 0.3) is 0 Å². The first-order chi connectivity index (χ1) is 6.24. The van der Waals surface area contributed by atoms with Gasteiger partial charge in [0.1, 0.15) is 0 Å². The van der Waals surface area contributed by atoms with E-state index in [0.717, 1.165) is 25.2 Å². The average Bonchev–Trinajstić information content (AvgIpc) is 2.52. The molecule has 1 rings (SSSR count). The van der Waals surface area contributed by atoms with Gasteiger partial charge in [-0.1, -0.05) is 6.92 Å². The zero-order chi connectivity index (χ0) is 9.68. The van der Waals surface area contributed by atoms with Crippen LogP contribution in [0, 0.1) is 0 Å². The van der Waals surface area contributed by atoms with E-state index in [1.165, 1.54) is 5.69 Å². The molecule has 0 bridgehead atoms. The van der Waals surface area contributed by atoms with E-state index in [4.69, 9.17) is 5.73 Å². The summed E-state index contributed by atoms with van der Waals surface area (Å²) in [7, 11) is 1.93. The van der Waals surface area contributed by atoms with Gasteiger partial charge in [-0.25, -0.2) is 0 Å². The molecule has 0 radical (unpaired) electrons. The molecule has 4 nitrogen and oxygen atoms in total. The highest BCUT2D eigenvalue weighted by molar-refractivity contribution is 5.79. The van der Waals surface area contributed by atoms with Crippen molar-refractivity contribution in [2.75, 3.05) is 6.54 Å². The number of aliphatic imine (C=N–C) groups is 1. The van der Waals surface area contributed by atoms with Gasteiger partial charge in [-0.05, 0) is 6.07 Å². The molecule has 0 saturated heterocycles. The quantitative estimate of drug-likeness (QED) is 0.548. The second-order valence-corrected chi connectivity index (χ2v) is 2.92. The van der Waals surface area contributed by atoms with Gasteiger partial charge in [0.15, 0.2) is 0 Å². The second-order valence-electron chi connectivity index (χ2n) is 2.92. The van der Waals surface area contributed by atoms with Crippen molar-refractivity contribution >= 4 is 5.84 Å². The molecule has 1 heterocycles. The number of nitrogens with zero attached hydrogens (tertiary/aromatic N) is 3. The predicted octanol–water partition coefficient (Wildman–Crippen LogP) is 0.730. The van der Waals surface area contributed by atoms with Crippen molar-refractivity contribution < 1.29 is 0 Å². The first-order valence-electron chi connectivity index (χ1n) is 4.49. The standard InChI is InChI=1S/C9H16N4/c1-3-9(10)11-6-4-8-5-7-12-13(8)2/h5,7H,3-4,6H2,1-2H3,(H2,10,11). The van der Waals surface area contributed by atoms with Gasteiger partial charge in [-0.3, -0.25) is 9.67 Å². The largest absolute Gasteiger partial charge is 0.387 e. The lowest BCUT2D eigenvalue weighted by Gasteiger charge is -1.99. The summed E-state index contributed by atoms with van der Waals surface area (Å²) in [6.07, 6.45) is 3.52. The average molecular weight is 180 g/mol. The summed E-state index contributed by atoms with van der Waals surface area (Å²) >= 11 is 0. The molecule has 4 heteroatoms. The molecule has 0 atom stereocenters. The third-order valence-corrected chi connectivity index (χ3v) is 1.97. The molecule has 0 spiro atoms. The zero-order valence-electron chi connectivity index (χ0n) is 8.20. The van der Waals surface area contributed by atoms with E-state index >= 15 is 0 Å². The third-order valence-electron chi connectivity index (χ3n) is 1.97. The molecule has 0 saturated carbocycles. The zero-order valence-corrected chi connectivity index (χ0v) is 8.20.